The Kier molecular flexibility index (Phi) is 12.7. The van der Waals surface area contributed by atoms with E-state index < -0.39 is 0 Å². The van der Waals surface area contributed by atoms with Crippen LogP contribution >= 0.6 is 0 Å². The van der Waals surface area contributed by atoms with E-state index in [1.165, 1.54) is 44.3 Å². The molecule has 4 nitrogen and oxygen atoms in total. The summed E-state index contributed by atoms with van der Waals surface area (Å²) in [7, 11) is 0. The summed E-state index contributed by atoms with van der Waals surface area (Å²) in [5, 5.41) is 2.40. The number of nitrogens with zero attached hydrogens (tertiary/aromatic N) is 4. The Morgan fingerprint density at radius 3 is 1.98 bits per heavy atom. The summed E-state index contributed by atoms with van der Waals surface area (Å²) in [6.07, 6.45) is 1.94. The van der Waals surface area contributed by atoms with Crippen molar-refractivity contribution < 1.29 is 21.1 Å². The second-order valence-electron chi connectivity index (χ2n) is 19.3. The van der Waals surface area contributed by atoms with Crippen LogP contribution in [0.15, 0.2) is 84.0 Å². The molecule has 5 heteroatoms. The van der Waals surface area contributed by atoms with Gasteiger partial charge in [-0.1, -0.05) is 137 Å². The summed E-state index contributed by atoms with van der Waals surface area (Å²) in [6, 6.07) is 35.3. The summed E-state index contributed by atoms with van der Waals surface area (Å²) in [5.74, 6) is 3.55. The molecule has 7 rings (SSSR count). The summed E-state index contributed by atoms with van der Waals surface area (Å²) in [5.41, 5.74) is 14.1. The molecule has 0 radical (unpaired) electrons. The first-order valence-corrected chi connectivity index (χ1v) is 21.4. The second-order valence-corrected chi connectivity index (χ2v) is 19.3. The van der Waals surface area contributed by atoms with Crippen LogP contribution < -0.4 is 4.90 Å². The monoisotopic (exact) mass is 951 g/mol. The van der Waals surface area contributed by atoms with E-state index in [0.29, 0.717) is 35.5 Å². The first-order chi connectivity index (χ1) is 26.9. The third kappa shape index (κ3) is 8.25. The van der Waals surface area contributed by atoms with Gasteiger partial charge in [0.05, 0.1) is 11.9 Å². The van der Waals surface area contributed by atoms with Crippen molar-refractivity contribution in [2.45, 2.75) is 126 Å². The topological polar surface area (TPSA) is 33.4 Å². The number of aryl methyl sites for hydroxylation is 1. The molecule has 1 atom stereocenters. The minimum atomic E-state index is 0. The van der Waals surface area contributed by atoms with Crippen LogP contribution in [0.5, 0.6) is 0 Å². The largest absolute Gasteiger partial charge is 2.00 e. The Hall–Kier alpha value is -4.01. The standard InChI is InChI=1S/C53H64N4.Pt/c1-31(2)38-25-39(52-55-47(50(34(7)8)35(9)10)30-56(52)51-42(32(3)4)16-15-17-43(51)33(5)6)27-41(26-38)57-48-21-18-36(11)24-45(48)44-20-19-37(28-49(44)57)46-29-40(22-23-54-46)53(12,13)14;/h15-26,29,31-35,47,50H,30H2,1-14H3;/q-2;+2/t47-;/m0./s1. The molecule has 0 unspecified atom stereocenters. The van der Waals surface area contributed by atoms with Crippen LogP contribution in [0.25, 0.3) is 38.8 Å². The van der Waals surface area contributed by atoms with E-state index in [-0.39, 0.29) is 32.5 Å². The fourth-order valence-corrected chi connectivity index (χ4v) is 9.29. The molecule has 3 heterocycles. The van der Waals surface area contributed by atoms with Crippen molar-refractivity contribution in [3.63, 3.8) is 0 Å². The molecule has 0 fully saturated rings. The third-order valence-electron chi connectivity index (χ3n) is 12.3. The van der Waals surface area contributed by atoms with E-state index >= 15 is 0 Å². The zero-order valence-corrected chi connectivity index (χ0v) is 39.6. The van der Waals surface area contributed by atoms with Gasteiger partial charge in [-0.25, -0.2) is 0 Å². The molecule has 306 valence electrons. The fourth-order valence-electron chi connectivity index (χ4n) is 9.29. The van der Waals surface area contributed by atoms with Crippen LogP contribution in [-0.4, -0.2) is 28.0 Å². The number of pyridine rings is 1. The first-order valence-electron chi connectivity index (χ1n) is 21.4. The molecule has 1 aliphatic rings. The molecule has 58 heavy (non-hydrogen) atoms. The Labute approximate surface area is 363 Å². The Balaban J connectivity index is 0.00000567. The molecule has 0 bridgehead atoms. The smallest absolute Gasteiger partial charge is 0.364 e. The molecule has 0 amide bonds. The van der Waals surface area contributed by atoms with Gasteiger partial charge in [-0.05, 0) is 99.0 Å². The minimum absolute atomic E-state index is 0. The van der Waals surface area contributed by atoms with Gasteiger partial charge < -0.3 is 19.4 Å². The van der Waals surface area contributed by atoms with Crippen LogP contribution in [-0.2, 0) is 26.5 Å². The number of fused-ring (bicyclic) bond motifs is 3. The van der Waals surface area contributed by atoms with Crippen LogP contribution in [0.2, 0.25) is 0 Å². The van der Waals surface area contributed by atoms with E-state index in [4.69, 9.17) is 9.98 Å². The first kappa shape index (κ1) is 43.6. The second kappa shape index (κ2) is 16.9. The maximum absolute atomic E-state index is 5.79. The van der Waals surface area contributed by atoms with Gasteiger partial charge in [0.1, 0.15) is 0 Å². The molecule has 2 aromatic heterocycles. The molecule has 0 spiro atoms. The summed E-state index contributed by atoms with van der Waals surface area (Å²) in [6.45, 7) is 33.2. The van der Waals surface area contributed by atoms with Gasteiger partial charge in [0, 0.05) is 23.9 Å². The minimum Gasteiger partial charge on any atom is -0.364 e. The molecule has 1 aliphatic heterocycles. The quantitative estimate of drug-likeness (QED) is 0.128. The summed E-state index contributed by atoms with van der Waals surface area (Å²) < 4.78 is 2.39. The molecule has 0 saturated carbocycles. The van der Waals surface area contributed by atoms with E-state index in [1.807, 2.05) is 6.20 Å². The summed E-state index contributed by atoms with van der Waals surface area (Å²) >= 11 is 0. The molecule has 0 aliphatic carbocycles. The van der Waals surface area contributed by atoms with Gasteiger partial charge in [-0.3, -0.25) is 0 Å². The Morgan fingerprint density at radius 2 is 1.38 bits per heavy atom. The van der Waals surface area contributed by atoms with Crippen molar-refractivity contribution in [1.29, 1.82) is 0 Å². The number of hydrogen-bond donors (Lipinski definition) is 0. The van der Waals surface area contributed by atoms with E-state index in [0.717, 1.165) is 45.9 Å². The molecule has 0 saturated heterocycles. The Morgan fingerprint density at radius 1 is 0.707 bits per heavy atom. The third-order valence-corrected chi connectivity index (χ3v) is 12.3. The van der Waals surface area contributed by atoms with Crippen LogP contribution in [0.1, 0.15) is 141 Å². The average molecular weight is 952 g/mol. The maximum atomic E-state index is 5.79. The van der Waals surface area contributed by atoms with Gasteiger partial charge >= 0.3 is 21.1 Å². The number of rotatable bonds is 10. The zero-order valence-electron chi connectivity index (χ0n) is 37.4. The van der Waals surface area contributed by atoms with Crippen molar-refractivity contribution in [2.75, 3.05) is 11.4 Å². The number of aliphatic imine (C=N–C) groups is 1. The van der Waals surface area contributed by atoms with Crippen molar-refractivity contribution in [2.24, 2.45) is 22.7 Å². The number of hydrogen-bond acceptors (Lipinski definition) is 3. The Bertz CT molecular complexity index is 2420. The normalized spacial score (nSPS) is 15.0. The van der Waals surface area contributed by atoms with Gasteiger partial charge in [0.2, 0.25) is 0 Å². The molecular formula is C53H64N4Pt. The SMILES string of the molecule is Cc1ccc2c(c1)c1ccc(-c3cc(C(C)(C)C)ccn3)[c-]c1n2-c1[c-]c(C2=N[C@H](C(C(C)C)C(C)C)CN2c2c(C(C)C)cccc2C(C)C)cc(C(C)C)c1.[Pt+2]. The molecular weight excluding hydrogens is 888 g/mol. The number of amidine groups is 1. The number of anilines is 1. The van der Waals surface area contributed by atoms with E-state index in [9.17, 15) is 0 Å². The number of benzene rings is 4. The van der Waals surface area contributed by atoms with Crippen molar-refractivity contribution in [1.82, 2.24) is 9.55 Å². The number of aromatic nitrogens is 2. The predicted molar refractivity (Wildman–Crippen MR) is 245 cm³/mol. The van der Waals surface area contributed by atoms with Crippen LogP contribution in [0, 0.1) is 36.8 Å². The molecule has 6 aromatic rings. The van der Waals surface area contributed by atoms with Gasteiger partial charge in [-0.15, -0.1) is 53.1 Å². The van der Waals surface area contributed by atoms with E-state index in [1.54, 1.807) is 0 Å². The summed E-state index contributed by atoms with van der Waals surface area (Å²) in [4.78, 5) is 13.2. The zero-order chi connectivity index (χ0) is 41.1. The fraction of sp³-hybridized carbons (Fsp3) is 0.434. The van der Waals surface area contributed by atoms with Gasteiger partial charge in [-0.2, -0.15) is 0 Å². The maximum Gasteiger partial charge on any atom is 2.00 e. The van der Waals surface area contributed by atoms with Crippen molar-refractivity contribution in [3.05, 3.63) is 125 Å². The van der Waals surface area contributed by atoms with Crippen LogP contribution in [0.4, 0.5) is 5.69 Å². The van der Waals surface area contributed by atoms with Gasteiger partial charge in [0.15, 0.2) is 0 Å². The number of para-hydroxylation sites is 1. The van der Waals surface area contributed by atoms with Crippen LogP contribution in [0.3, 0.4) is 0 Å². The van der Waals surface area contributed by atoms with Crippen molar-refractivity contribution >= 4 is 33.3 Å². The van der Waals surface area contributed by atoms with Gasteiger partial charge in [0.25, 0.3) is 0 Å². The predicted octanol–water partition coefficient (Wildman–Crippen LogP) is 14.0. The molecule has 0 N–H and O–H groups in total. The average Bonchev–Trinajstić information content (AvgIpc) is 3.72. The van der Waals surface area contributed by atoms with E-state index in [2.05, 4.69) is 191 Å². The van der Waals surface area contributed by atoms with Crippen molar-refractivity contribution in [3.8, 4) is 16.9 Å². The molecule has 4 aromatic carbocycles.